The molecule has 2 heterocycles. The second-order valence-corrected chi connectivity index (χ2v) is 10.1. The van der Waals surface area contributed by atoms with Crippen molar-refractivity contribution in [2.45, 2.75) is 39.2 Å². The number of hydrogen-bond donors (Lipinski definition) is 1. The summed E-state index contributed by atoms with van der Waals surface area (Å²) in [4.78, 5) is 33.7. The average Bonchev–Trinajstić information content (AvgIpc) is 3.17. The summed E-state index contributed by atoms with van der Waals surface area (Å²) in [6, 6.07) is 12.8. The Labute approximate surface area is 205 Å². The van der Waals surface area contributed by atoms with Crippen molar-refractivity contribution in [2.75, 3.05) is 5.32 Å². The number of anilines is 1. The Morgan fingerprint density at radius 2 is 1.94 bits per heavy atom. The van der Waals surface area contributed by atoms with Crippen LogP contribution in [-0.2, 0) is 24.2 Å². The number of fused-ring (bicyclic) bond motifs is 3. The highest BCUT2D eigenvalue weighted by Gasteiger charge is 2.23. The van der Waals surface area contributed by atoms with Gasteiger partial charge in [0.15, 0.2) is 0 Å². The van der Waals surface area contributed by atoms with Gasteiger partial charge in [0.05, 0.1) is 21.1 Å². The topological polar surface area (TPSA) is 64.0 Å². The minimum Gasteiger partial charge on any atom is -0.323 e. The van der Waals surface area contributed by atoms with Crippen molar-refractivity contribution in [1.29, 1.82) is 0 Å². The van der Waals surface area contributed by atoms with Crippen molar-refractivity contribution >= 4 is 56.3 Å². The largest absolute Gasteiger partial charge is 0.323 e. The zero-order chi connectivity index (χ0) is 23.1. The lowest BCUT2D eigenvalue weighted by Crippen LogP contribution is -2.30. The second-order valence-electron chi connectivity index (χ2n) is 8.24. The fourth-order valence-electron chi connectivity index (χ4n) is 4.32. The second kappa shape index (κ2) is 8.93. The molecule has 0 spiro atoms. The minimum absolute atomic E-state index is 0.178. The van der Waals surface area contributed by atoms with Gasteiger partial charge in [0.1, 0.15) is 17.2 Å². The Morgan fingerprint density at radius 1 is 1.15 bits per heavy atom. The molecular weight excluding hydrogens is 477 g/mol. The molecule has 2 aromatic carbocycles. The number of benzene rings is 2. The average molecular weight is 498 g/mol. The maximum Gasteiger partial charge on any atom is 0.263 e. The number of nitrogens with one attached hydrogen (secondary N) is 1. The normalized spacial score (nSPS) is 13.2. The molecular formula is C25H21Cl2N3O2S. The van der Waals surface area contributed by atoms with Gasteiger partial charge in [-0.2, -0.15) is 0 Å². The van der Waals surface area contributed by atoms with Gasteiger partial charge >= 0.3 is 0 Å². The number of hydrogen-bond acceptors (Lipinski definition) is 4. The molecule has 0 radical (unpaired) electrons. The Hall–Kier alpha value is -2.67. The van der Waals surface area contributed by atoms with Crippen LogP contribution in [0.4, 0.5) is 5.69 Å². The molecule has 1 amide bonds. The first kappa shape index (κ1) is 22.1. The van der Waals surface area contributed by atoms with Gasteiger partial charge < -0.3 is 5.32 Å². The van der Waals surface area contributed by atoms with Gasteiger partial charge in [-0.05, 0) is 56.4 Å². The number of aryl methyl sites for hydroxylation is 3. The third-order valence-corrected chi connectivity index (χ3v) is 7.88. The summed E-state index contributed by atoms with van der Waals surface area (Å²) < 4.78 is 1.48. The van der Waals surface area contributed by atoms with Gasteiger partial charge in [0, 0.05) is 10.4 Å². The fraction of sp³-hybridized carbons (Fsp3) is 0.240. The van der Waals surface area contributed by atoms with Crippen LogP contribution in [0.2, 0.25) is 10.0 Å². The highest BCUT2D eigenvalue weighted by molar-refractivity contribution is 7.18. The Balaban J connectivity index is 1.63. The smallest absolute Gasteiger partial charge is 0.263 e. The Bertz CT molecular complexity index is 1460. The van der Waals surface area contributed by atoms with E-state index in [0.717, 1.165) is 47.2 Å². The standard InChI is InChI=1S/C25H21Cl2N3O2S/c1-14-6-4-7-15(12-14)23-29-24-21(16-8-2-3-11-19(16)33-24)25(32)30(23)13-20(31)28-18-10-5-9-17(26)22(18)27/h4-7,9-10,12H,2-3,8,11,13H2,1H3,(H,28,31). The molecule has 168 valence electrons. The molecule has 2 aromatic heterocycles. The van der Waals surface area contributed by atoms with E-state index in [-0.39, 0.29) is 23.0 Å². The zero-order valence-electron chi connectivity index (χ0n) is 18.0. The molecule has 0 saturated heterocycles. The molecule has 0 fully saturated rings. The molecule has 8 heteroatoms. The Kier molecular flexibility index (Phi) is 5.99. The van der Waals surface area contributed by atoms with Crippen LogP contribution in [0.3, 0.4) is 0 Å². The summed E-state index contributed by atoms with van der Waals surface area (Å²) in [5.41, 5.74) is 3.18. The van der Waals surface area contributed by atoms with Crippen LogP contribution in [0.5, 0.6) is 0 Å². The van der Waals surface area contributed by atoms with Gasteiger partial charge in [-0.25, -0.2) is 4.98 Å². The molecule has 0 aliphatic heterocycles. The van der Waals surface area contributed by atoms with E-state index < -0.39 is 0 Å². The molecule has 0 atom stereocenters. The van der Waals surface area contributed by atoms with Gasteiger partial charge in [-0.1, -0.05) is 53.0 Å². The lowest BCUT2D eigenvalue weighted by atomic mass is 9.97. The molecule has 1 aliphatic carbocycles. The lowest BCUT2D eigenvalue weighted by Gasteiger charge is -2.15. The quantitative estimate of drug-likeness (QED) is 0.361. The predicted octanol–water partition coefficient (Wildman–Crippen LogP) is 6.26. The third-order valence-electron chi connectivity index (χ3n) is 5.88. The summed E-state index contributed by atoms with van der Waals surface area (Å²) in [5, 5.41) is 4.04. The van der Waals surface area contributed by atoms with Crippen molar-refractivity contribution in [3.8, 4) is 11.4 Å². The molecule has 1 N–H and O–H groups in total. The number of amides is 1. The number of thiophene rings is 1. The zero-order valence-corrected chi connectivity index (χ0v) is 20.3. The van der Waals surface area contributed by atoms with Crippen molar-refractivity contribution in [3.63, 3.8) is 0 Å². The van der Waals surface area contributed by atoms with Crippen molar-refractivity contribution in [1.82, 2.24) is 9.55 Å². The number of nitrogens with zero attached hydrogens (tertiary/aromatic N) is 2. The van der Waals surface area contributed by atoms with E-state index in [4.69, 9.17) is 28.2 Å². The first-order valence-electron chi connectivity index (χ1n) is 10.8. The van der Waals surface area contributed by atoms with Crippen molar-refractivity contribution in [3.05, 3.63) is 78.9 Å². The van der Waals surface area contributed by atoms with Crippen LogP contribution in [0, 0.1) is 6.92 Å². The first-order chi connectivity index (χ1) is 15.9. The van der Waals surface area contributed by atoms with Crippen LogP contribution in [0.25, 0.3) is 21.6 Å². The molecule has 4 aromatic rings. The van der Waals surface area contributed by atoms with Gasteiger partial charge in [-0.3, -0.25) is 14.2 Å². The summed E-state index contributed by atoms with van der Waals surface area (Å²) in [5.74, 6) is 0.113. The summed E-state index contributed by atoms with van der Waals surface area (Å²) in [7, 11) is 0. The third kappa shape index (κ3) is 4.19. The number of carbonyl (C=O) groups excluding carboxylic acids is 1. The molecule has 0 bridgehead atoms. The number of halogens is 2. The van der Waals surface area contributed by atoms with Crippen LogP contribution in [0.15, 0.2) is 47.3 Å². The van der Waals surface area contributed by atoms with Crippen LogP contribution >= 0.6 is 34.5 Å². The summed E-state index contributed by atoms with van der Waals surface area (Å²) in [6.45, 7) is 1.81. The molecule has 1 aliphatic rings. The monoisotopic (exact) mass is 497 g/mol. The maximum absolute atomic E-state index is 13.8. The fourth-order valence-corrected chi connectivity index (χ4v) is 5.92. The lowest BCUT2D eigenvalue weighted by molar-refractivity contribution is -0.116. The molecule has 0 saturated carbocycles. The van der Waals surface area contributed by atoms with Gasteiger partial charge in [0.2, 0.25) is 5.91 Å². The van der Waals surface area contributed by atoms with E-state index in [1.54, 1.807) is 29.5 Å². The highest BCUT2D eigenvalue weighted by Crippen LogP contribution is 2.35. The van der Waals surface area contributed by atoms with E-state index in [0.29, 0.717) is 21.9 Å². The highest BCUT2D eigenvalue weighted by atomic mass is 35.5. The van der Waals surface area contributed by atoms with E-state index in [2.05, 4.69) is 5.32 Å². The maximum atomic E-state index is 13.8. The van der Waals surface area contributed by atoms with Gasteiger partial charge in [-0.15, -0.1) is 11.3 Å². The molecule has 0 unspecified atom stereocenters. The summed E-state index contributed by atoms with van der Waals surface area (Å²) >= 11 is 13.9. The predicted molar refractivity (Wildman–Crippen MR) is 136 cm³/mol. The van der Waals surface area contributed by atoms with E-state index in [9.17, 15) is 9.59 Å². The first-order valence-corrected chi connectivity index (χ1v) is 12.4. The van der Waals surface area contributed by atoms with Crippen LogP contribution in [0.1, 0.15) is 28.8 Å². The molecule has 5 rings (SSSR count). The van der Waals surface area contributed by atoms with E-state index >= 15 is 0 Å². The van der Waals surface area contributed by atoms with Crippen LogP contribution in [-0.4, -0.2) is 15.5 Å². The number of aromatic nitrogens is 2. The van der Waals surface area contributed by atoms with Crippen molar-refractivity contribution in [2.24, 2.45) is 0 Å². The molecule has 5 nitrogen and oxygen atoms in total. The SMILES string of the molecule is Cc1cccc(-c2nc3sc4c(c3c(=O)n2CC(=O)Nc2cccc(Cl)c2Cl)CCCC4)c1. The van der Waals surface area contributed by atoms with Crippen molar-refractivity contribution < 1.29 is 4.79 Å². The summed E-state index contributed by atoms with van der Waals surface area (Å²) in [6.07, 6.45) is 4.04. The van der Waals surface area contributed by atoms with E-state index in [1.165, 1.54) is 9.44 Å². The number of carbonyl (C=O) groups is 1. The Morgan fingerprint density at radius 3 is 2.76 bits per heavy atom. The van der Waals surface area contributed by atoms with Gasteiger partial charge in [0.25, 0.3) is 5.56 Å². The van der Waals surface area contributed by atoms with Crippen LogP contribution < -0.4 is 10.9 Å². The number of rotatable bonds is 4. The molecule has 33 heavy (non-hydrogen) atoms. The van der Waals surface area contributed by atoms with E-state index in [1.807, 2.05) is 31.2 Å². The minimum atomic E-state index is -0.375.